The van der Waals surface area contributed by atoms with Crippen LogP contribution >= 0.6 is 0 Å². The Morgan fingerprint density at radius 3 is 2.57 bits per heavy atom. The second-order valence-electron chi connectivity index (χ2n) is 4.61. The highest BCUT2D eigenvalue weighted by Crippen LogP contribution is 2.15. The summed E-state index contributed by atoms with van der Waals surface area (Å²) in [5.74, 6) is -0.571. The number of hydrogen-bond acceptors (Lipinski definition) is 4. The quantitative estimate of drug-likeness (QED) is 0.573. The summed E-state index contributed by atoms with van der Waals surface area (Å²) in [4.78, 5) is 22.2. The van der Waals surface area contributed by atoms with E-state index in [-0.39, 0.29) is 31.0 Å². The van der Waals surface area contributed by atoms with Crippen LogP contribution in [-0.2, 0) is 14.3 Å². The van der Waals surface area contributed by atoms with Crippen LogP contribution in [0.4, 0.5) is 0 Å². The van der Waals surface area contributed by atoms with Gasteiger partial charge in [0.1, 0.15) is 0 Å². The summed E-state index contributed by atoms with van der Waals surface area (Å²) in [5.41, 5.74) is 6.24. The Hall–Kier alpha value is -1.92. The van der Waals surface area contributed by atoms with E-state index < -0.39 is 0 Å². The molecule has 116 valence electrons. The van der Waals surface area contributed by atoms with Gasteiger partial charge >= 0.3 is 0 Å². The fourth-order valence-corrected chi connectivity index (χ4v) is 1.69. The summed E-state index contributed by atoms with van der Waals surface area (Å²) >= 11 is 0. The summed E-state index contributed by atoms with van der Waals surface area (Å²) in [7, 11) is 0. The smallest absolute Gasteiger partial charge is 0.239 e. The number of rotatable bonds is 9. The highest BCUT2D eigenvalue weighted by molar-refractivity contribution is 5.85. The predicted octanol–water partition coefficient (Wildman–Crippen LogP) is 0.345. The van der Waals surface area contributed by atoms with Crippen molar-refractivity contribution in [3.8, 4) is 0 Å². The highest BCUT2D eigenvalue weighted by atomic mass is 16.5. The Bertz CT molecular complexity index is 437. The lowest BCUT2D eigenvalue weighted by Crippen LogP contribution is -2.39. The average molecular weight is 293 g/mol. The summed E-state index contributed by atoms with van der Waals surface area (Å²) in [6.07, 6.45) is 0.749. The number of hydrogen-bond donors (Lipinski definition) is 3. The molecule has 21 heavy (non-hydrogen) atoms. The van der Waals surface area contributed by atoms with Gasteiger partial charge in [0, 0.05) is 13.2 Å². The Labute approximate surface area is 125 Å². The van der Waals surface area contributed by atoms with Crippen molar-refractivity contribution in [1.82, 2.24) is 10.6 Å². The lowest BCUT2D eigenvalue weighted by atomic mass is 10.1. The van der Waals surface area contributed by atoms with E-state index in [1.807, 2.05) is 37.3 Å². The number of nitrogens with two attached hydrogens (primary N) is 1. The van der Waals surface area contributed by atoms with Crippen LogP contribution in [0.3, 0.4) is 0 Å². The predicted molar refractivity (Wildman–Crippen MR) is 80.5 cm³/mol. The topological polar surface area (TPSA) is 93.5 Å². The van der Waals surface area contributed by atoms with Crippen LogP contribution in [-0.4, -0.2) is 38.1 Å². The van der Waals surface area contributed by atoms with Crippen LogP contribution in [0.25, 0.3) is 0 Å². The van der Waals surface area contributed by atoms with Crippen molar-refractivity contribution in [3.05, 3.63) is 35.9 Å². The number of amides is 2. The summed E-state index contributed by atoms with van der Waals surface area (Å²) in [6, 6.07) is 9.96. The maximum Gasteiger partial charge on any atom is 0.239 e. The van der Waals surface area contributed by atoms with E-state index in [9.17, 15) is 9.59 Å². The van der Waals surface area contributed by atoms with Gasteiger partial charge in [0.15, 0.2) is 0 Å². The van der Waals surface area contributed by atoms with E-state index in [0.717, 1.165) is 5.56 Å². The number of carbonyl (C=O) groups excluding carboxylic acids is 2. The monoisotopic (exact) mass is 293 g/mol. The minimum atomic E-state index is -0.342. The molecule has 1 atom stereocenters. The molecule has 0 aliphatic heterocycles. The van der Waals surface area contributed by atoms with Gasteiger partial charge in [-0.25, -0.2) is 0 Å². The van der Waals surface area contributed by atoms with E-state index in [1.54, 1.807) is 0 Å². The lowest BCUT2D eigenvalue weighted by molar-refractivity contribution is -0.125. The Balaban J connectivity index is 2.06. The minimum absolute atomic E-state index is 0.0331. The van der Waals surface area contributed by atoms with Crippen LogP contribution in [0.1, 0.15) is 25.0 Å². The van der Waals surface area contributed by atoms with Gasteiger partial charge in [0.2, 0.25) is 11.8 Å². The third-order valence-electron chi connectivity index (χ3n) is 2.91. The maximum absolute atomic E-state index is 11.4. The van der Waals surface area contributed by atoms with Crippen LogP contribution in [0.2, 0.25) is 0 Å². The molecule has 0 spiro atoms. The zero-order valence-corrected chi connectivity index (χ0v) is 12.3. The highest BCUT2D eigenvalue weighted by Gasteiger charge is 2.05. The standard InChI is InChI=1S/C15H23N3O3/c1-12(13-6-3-2-4-7-13)21-9-5-8-17-15(20)11-18-14(19)10-16/h2-4,6-7,12H,5,8-11,16H2,1H3,(H,17,20)(H,18,19). The average Bonchev–Trinajstić information content (AvgIpc) is 2.52. The van der Waals surface area contributed by atoms with E-state index in [4.69, 9.17) is 10.5 Å². The zero-order valence-electron chi connectivity index (χ0n) is 12.3. The first-order chi connectivity index (χ1) is 10.1. The second-order valence-corrected chi connectivity index (χ2v) is 4.61. The fourth-order valence-electron chi connectivity index (χ4n) is 1.69. The van der Waals surface area contributed by atoms with Crippen molar-refractivity contribution < 1.29 is 14.3 Å². The molecule has 0 aliphatic carbocycles. The summed E-state index contributed by atoms with van der Waals surface area (Å²) < 4.78 is 5.69. The molecule has 6 nitrogen and oxygen atoms in total. The molecule has 0 saturated carbocycles. The van der Waals surface area contributed by atoms with E-state index in [2.05, 4.69) is 10.6 Å². The van der Waals surface area contributed by atoms with Crippen molar-refractivity contribution in [2.45, 2.75) is 19.4 Å². The minimum Gasteiger partial charge on any atom is -0.374 e. The molecule has 0 fully saturated rings. The first-order valence-corrected chi connectivity index (χ1v) is 7.03. The zero-order chi connectivity index (χ0) is 15.5. The summed E-state index contributed by atoms with van der Waals surface area (Å²) in [6.45, 7) is 2.91. The first kappa shape index (κ1) is 17.1. The molecular formula is C15H23N3O3. The Kier molecular flexibility index (Phi) is 8.08. The number of ether oxygens (including phenoxy) is 1. The number of nitrogens with one attached hydrogen (secondary N) is 2. The molecule has 0 saturated heterocycles. The van der Waals surface area contributed by atoms with Gasteiger partial charge in [-0.15, -0.1) is 0 Å². The molecule has 1 rings (SSSR count). The normalized spacial score (nSPS) is 11.7. The van der Waals surface area contributed by atoms with Gasteiger partial charge < -0.3 is 21.1 Å². The lowest BCUT2D eigenvalue weighted by Gasteiger charge is -2.13. The SMILES string of the molecule is CC(OCCCNC(=O)CNC(=O)CN)c1ccccc1. The molecule has 0 heterocycles. The molecule has 0 aromatic heterocycles. The third-order valence-corrected chi connectivity index (χ3v) is 2.91. The fraction of sp³-hybridized carbons (Fsp3) is 0.467. The first-order valence-electron chi connectivity index (χ1n) is 7.03. The van der Waals surface area contributed by atoms with E-state index in [1.165, 1.54) is 0 Å². The van der Waals surface area contributed by atoms with Crippen molar-refractivity contribution in [3.63, 3.8) is 0 Å². The molecule has 6 heteroatoms. The Morgan fingerprint density at radius 2 is 1.90 bits per heavy atom. The summed E-state index contributed by atoms with van der Waals surface area (Å²) in [5, 5.41) is 5.11. The van der Waals surface area contributed by atoms with Crippen LogP contribution < -0.4 is 16.4 Å². The van der Waals surface area contributed by atoms with Gasteiger partial charge in [-0.05, 0) is 18.9 Å². The third kappa shape index (κ3) is 7.43. The van der Waals surface area contributed by atoms with Gasteiger partial charge in [-0.2, -0.15) is 0 Å². The second kappa shape index (κ2) is 9.90. The molecule has 1 aromatic carbocycles. The largest absolute Gasteiger partial charge is 0.374 e. The molecule has 0 radical (unpaired) electrons. The number of carbonyl (C=O) groups is 2. The number of benzene rings is 1. The van der Waals surface area contributed by atoms with Crippen LogP contribution in [0.5, 0.6) is 0 Å². The van der Waals surface area contributed by atoms with Gasteiger partial charge in [0.25, 0.3) is 0 Å². The maximum atomic E-state index is 11.4. The van der Waals surface area contributed by atoms with Gasteiger partial charge in [-0.1, -0.05) is 30.3 Å². The van der Waals surface area contributed by atoms with Gasteiger partial charge in [-0.3, -0.25) is 9.59 Å². The van der Waals surface area contributed by atoms with Gasteiger partial charge in [0.05, 0.1) is 19.2 Å². The molecule has 0 aliphatic rings. The molecular weight excluding hydrogens is 270 g/mol. The van der Waals surface area contributed by atoms with Crippen LogP contribution in [0, 0.1) is 0 Å². The molecule has 1 aromatic rings. The Morgan fingerprint density at radius 1 is 1.19 bits per heavy atom. The molecule has 1 unspecified atom stereocenters. The van der Waals surface area contributed by atoms with Crippen molar-refractivity contribution in [2.75, 3.05) is 26.2 Å². The van der Waals surface area contributed by atoms with E-state index in [0.29, 0.717) is 19.6 Å². The molecule has 2 amide bonds. The molecule has 4 N–H and O–H groups in total. The molecule has 0 bridgehead atoms. The van der Waals surface area contributed by atoms with E-state index >= 15 is 0 Å². The van der Waals surface area contributed by atoms with Crippen LogP contribution in [0.15, 0.2) is 30.3 Å². The van der Waals surface area contributed by atoms with Crippen molar-refractivity contribution in [1.29, 1.82) is 0 Å². The van der Waals surface area contributed by atoms with Crippen molar-refractivity contribution in [2.24, 2.45) is 5.73 Å². The van der Waals surface area contributed by atoms with Crippen molar-refractivity contribution >= 4 is 11.8 Å².